The van der Waals surface area contributed by atoms with Crippen molar-refractivity contribution in [3.05, 3.63) is 76.9 Å². The minimum absolute atomic E-state index is 0.315. The summed E-state index contributed by atoms with van der Waals surface area (Å²) in [6, 6.07) is 18.1. The topological polar surface area (TPSA) is 35.5 Å². The molecule has 0 aliphatic rings. The van der Waals surface area contributed by atoms with Gasteiger partial charge in [-0.05, 0) is 79.3 Å². The number of carbonyl (C=O) groups excluding carboxylic acids is 1. The first kappa shape index (κ1) is 19.7. The Labute approximate surface area is 166 Å². The van der Waals surface area contributed by atoms with Gasteiger partial charge < -0.3 is 9.47 Å². The fraction of sp³-hybridized carbons (Fsp3) is 0.240. The number of ether oxygens (including phenoxy) is 2. The van der Waals surface area contributed by atoms with Crippen LogP contribution in [0.25, 0.3) is 22.3 Å². The van der Waals surface area contributed by atoms with Crippen molar-refractivity contribution >= 4 is 5.97 Å². The first-order chi connectivity index (χ1) is 13.4. The lowest BCUT2D eigenvalue weighted by molar-refractivity contribution is 0.0527. The van der Waals surface area contributed by atoms with E-state index in [1.807, 2.05) is 43.3 Å². The summed E-state index contributed by atoms with van der Waals surface area (Å²) in [5.41, 5.74) is 8.13. The molecule has 28 heavy (non-hydrogen) atoms. The molecule has 0 amide bonds. The zero-order chi connectivity index (χ0) is 20.3. The lowest BCUT2D eigenvalue weighted by Gasteiger charge is -2.16. The Balaban J connectivity index is 2.19. The third kappa shape index (κ3) is 3.94. The second-order valence-corrected chi connectivity index (χ2v) is 6.99. The molecular weight excluding hydrogens is 348 g/mol. The summed E-state index contributed by atoms with van der Waals surface area (Å²) in [6.07, 6.45) is 0. The first-order valence-electron chi connectivity index (χ1n) is 9.48. The van der Waals surface area contributed by atoms with Gasteiger partial charge in [-0.25, -0.2) is 4.79 Å². The van der Waals surface area contributed by atoms with Gasteiger partial charge in [-0.15, -0.1) is 0 Å². The summed E-state index contributed by atoms with van der Waals surface area (Å²) in [5.74, 6) is 0.436. The molecule has 0 aliphatic heterocycles. The molecule has 3 nitrogen and oxygen atoms in total. The minimum atomic E-state index is -0.315. The number of aryl methyl sites for hydroxylation is 3. The van der Waals surface area contributed by atoms with Crippen molar-refractivity contribution in [2.45, 2.75) is 27.7 Å². The standard InChI is InChI=1S/C25H26O3/c1-6-28-25(26)23-15-20(24-17(3)12-16(2)13-18(24)4)10-11-22(23)19-8-7-9-21(14-19)27-5/h7-15H,6H2,1-5H3. The quantitative estimate of drug-likeness (QED) is 0.504. The average Bonchev–Trinajstić information content (AvgIpc) is 2.67. The third-order valence-corrected chi connectivity index (χ3v) is 4.86. The largest absolute Gasteiger partial charge is 0.497 e. The average molecular weight is 374 g/mol. The summed E-state index contributed by atoms with van der Waals surface area (Å²) < 4.78 is 10.7. The number of benzene rings is 3. The van der Waals surface area contributed by atoms with Gasteiger partial charge in [0.2, 0.25) is 0 Å². The van der Waals surface area contributed by atoms with Gasteiger partial charge in [-0.3, -0.25) is 0 Å². The van der Waals surface area contributed by atoms with E-state index in [0.717, 1.165) is 28.0 Å². The van der Waals surface area contributed by atoms with E-state index < -0.39 is 0 Å². The molecule has 0 atom stereocenters. The number of carbonyl (C=O) groups is 1. The summed E-state index contributed by atoms with van der Waals surface area (Å²) >= 11 is 0. The highest BCUT2D eigenvalue weighted by Crippen LogP contribution is 2.34. The van der Waals surface area contributed by atoms with Crippen LogP contribution in [-0.2, 0) is 4.74 Å². The zero-order valence-corrected chi connectivity index (χ0v) is 17.1. The fourth-order valence-corrected chi connectivity index (χ4v) is 3.76. The van der Waals surface area contributed by atoms with Gasteiger partial charge in [0.15, 0.2) is 0 Å². The van der Waals surface area contributed by atoms with Gasteiger partial charge in [0.05, 0.1) is 19.3 Å². The number of esters is 1. The van der Waals surface area contributed by atoms with Crippen LogP contribution >= 0.6 is 0 Å². The van der Waals surface area contributed by atoms with Gasteiger partial charge >= 0.3 is 5.97 Å². The van der Waals surface area contributed by atoms with Crippen molar-refractivity contribution in [1.29, 1.82) is 0 Å². The highest BCUT2D eigenvalue weighted by atomic mass is 16.5. The third-order valence-electron chi connectivity index (χ3n) is 4.86. The van der Waals surface area contributed by atoms with Crippen LogP contribution in [0.4, 0.5) is 0 Å². The maximum absolute atomic E-state index is 12.7. The Hall–Kier alpha value is -3.07. The monoisotopic (exact) mass is 374 g/mol. The Morgan fingerprint density at radius 3 is 2.25 bits per heavy atom. The molecule has 0 saturated heterocycles. The normalized spacial score (nSPS) is 10.6. The van der Waals surface area contributed by atoms with Crippen LogP contribution in [0, 0.1) is 20.8 Å². The smallest absolute Gasteiger partial charge is 0.338 e. The Kier molecular flexibility index (Phi) is 5.84. The molecule has 3 rings (SSSR count). The van der Waals surface area contributed by atoms with Gasteiger partial charge in [0, 0.05) is 0 Å². The fourth-order valence-electron chi connectivity index (χ4n) is 3.76. The van der Waals surface area contributed by atoms with E-state index in [-0.39, 0.29) is 5.97 Å². The lowest BCUT2D eigenvalue weighted by Crippen LogP contribution is -2.07. The Morgan fingerprint density at radius 2 is 1.61 bits per heavy atom. The van der Waals surface area contributed by atoms with Crippen LogP contribution in [0.15, 0.2) is 54.6 Å². The number of hydrogen-bond donors (Lipinski definition) is 0. The van der Waals surface area contributed by atoms with Crippen LogP contribution in [0.3, 0.4) is 0 Å². The molecular formula is C25H26O3. The second kappa shape index (κ2) is 8.30. The second-order valence-electron chi connectivity index (χ2n) is 6.99. The van der Waals surface area contributed by atoms with Gasteiger partial charge in [-0.2, -0.15) is 0 Å². The molecule has 0 radical (unpaired) electrons. The van der Waals surface area contributed by atoms with E-state index in [9.17, 15) is 4.79 Å². The van der Waals surface area contributed by atoms with Crippen molar-refractivity contribution in [3.63, 3.8) is 0 Å². The highest BCUT2D eigenvalue weighted by molar-refractivity contribution is 5.99. The minimum Gasteiger partial charge on any atom is -0.497 e. The van der Waals surface area contributed by atoms with Crippen LogP contribution < -0.4 is 4.74 Å². The molecule has 3 aromatic carbocycles. The molecule has 144 valence electrons. The molecule has 0 N–H and O–H groups in total. The van der Waals surface area contributed by atoms with Crippen molar-refractivity contribution < 1.29 is 14.3 Å². The molecule has 0 saturated carbocycles. The Morgan fingerprint density at radius 1 is 0.893 bits per heavy atom. The number of methoxy groups -OCH3 is 1. The molecule has 0 bridgehead atoms. The summed E-state index contributed by atoms with van der Waals surface area (Å²) in [7, 11) is 1.64. The van der Waals surface area contributed by atoms with E-state index in [0.29, 0.717) is 12.2 Å². The van der Waals surface area contributed by atoms with Crippen molar-refractivity contribution in [3.8, 4) is 28.0 Å². The molecule has 3 aromatic rings. The maximum atomic E-state index is 12.7. The molecule has 0 aliphatic carbocycles. The molecule has 0 heterocycles. The highest BCUT2D eigenvalue weighted by Gasteiger charge is 2.17. The molecule has 0 fully saturated rings. The molecule has 0 aromatic heterocycles. The van der Waals surface area contributed by atoms with Gasteiger partial charge in [0.1, 0.15) is 5.75 Å². The van der Waals surface area contributed by atoms with Gasteiger partial charge in [0.25, 0.3) is 0 Å². The van der Waals surface area contributed by atoms with Crippen molar-refractivity contribution in [2.24, 2.45) is 0 Å². The molecule has 0 unspecified atom stereocenters. The SMILES string of the molecule is CCOC(=O)c1cc(-c2c(C)cc(C)cc2C)ccc1-c1cccc(OC)c1. The van der Waals surface area contributed by atoms with Crippen LogP contribution in [-0.4, -0.2) is 19.7 Å². The van der Waals surface area contributed by atoms with Crippen molar-refractivity contribution in [2.75, 3.05) is 13.7 Å². The van der Waals surface area contributed by atoms with E-state index in [2.05, 4.69) is 39.0 Å². The Bertz CT molecular complexity index is 995. The zero-order valence-electron chi connectivity index (χ0n) is 17.1. The van der Waals surface area contributed by atoms with E-state index in [1.54, 1.807) is 7.11 Å². The summed E-state index contributed by atoms with van der Waals surface area (Å²) in [4.78, 5) is 12.7. The van der Waals surface area contributed by atoms with E-state index in [1.165, 1.54) is 16.7 Å². The van der Waals surface area contributed by atoms with E-state index in [4.69, 9.17) is 9.47 Å². The number of rotatable bonds is 5. The summed E-state index contributed by atoms with van der Waals surface area (Å²) in [6.45, 7) is 8.47. The maximum Gasteiger partial charge on any atom is 0.338 e. The lowest BCUT2D eigenvalue weighted by atomic mass is 9.90. The molecule has 0 spiro atoms. The van der Waals surface area contributed by atoms with Crippen LogP contribution in [0.2, 0.25) is 0 Å². The van der Waals surface area contributed by atoms with Crippen molar-refractivity contribution in [1.82, 2.24) is 0 Å². The molecule has 3 heteroatoms. The first-order valence-corrected chi connectivity index (χ1v) is 9.48. The predicted molar refractivity (Wildman–Crippen MR) is 114 cm³/mol. The van der Waals surface area contributed by atoms with Gasteiger partial charge in [-0.1, -0.05) is 42.0 Å². The van der Waals surface area contributed by atoms with Crippen LogP contribution in [0.5, 0.6) is 5.75 Å². The predicted octanol–water partition coefficient (Wildman–Crippen LogP) is 6.13. The van der Waals surface area contributed by atoms with Crippen LogP contribution in [0.1, 0.15) is 34.0 Å². The van der Waals surface area contributed by atoms with E-state index >= 15 is 0 Å². The summed E-state index contributed by atoms with van der Waals surface area (Å²) in [5, 5.41) is 0. The number of hydrogen-bond acceptors (Lipinski definition) is 3.